The molecule has 0 spiro atoms. The van der Waals surface area contributed by atoms with E-state index in [-0.39, 0.29) is 5.91 Å². The smallest absolute Gasteiger partial charge is 0.253 e. The zero-order chi connectivity index (χ0) is 16.9. The van der Waals surface area contributed by atoms with Crippen LogP contribution in [0.15, 0.2) is 66.9 Å². The lowest BCUT2D eigenvalue weighted by Crippen LogP contribution is -2.22. The van der Waals surface area contributed by atoms with Crippen LogP contribution in [0.2, 0.25) is 5.02 Å². The van der Waals surface area contributed by atoms with Gasteiger partial charge in [-0.2, -0.15) is 0 Å². The fraction of sp³-hybridized carbons (Fsp3) is 0.100. The van der Waals surface area contributed by atoms with E-state index in [9.17, 15) is 4.79 Å². The van der Waals surface area contributed by atoms with Gasteiger partial charge >= 0.3 is 0 Å². The maximum absolute atomic E-state index is 12.2. The summed E-state index contributed by atoms with van der Waals surface area (Å²) >= 11 is 5.85. The Morgan fingerprint density at radius 1 is 1.08 bits per heavy atom. The third-order valence-electron chi connectivity index (χ3n) is 3.71. The Balaban J connectivity index is 1.66. The normalized spacial score (nSPS) is 10.4. The zero-order valence-electron chi connectivity index (χ0n) is 13.3. The quantitative estimate of drug-likeness (QED) is 0.754. The maximum Gasteiger partial charge on any atom is 0.253 e. The van der Waals surface area contributed by atoms with Crippen molar-refractivity contribution in [1.82, 2.24) is 10.3 Å². The Morgan fingerprint density at radius 2 is 1.88 bits per heavy atom. The molecule has 0 aliphatic carbocycles. The van der Waals surface area contributed by atoms with Crippen LogP contribution in [0.3, 0.4) is 0 Å². The summed E-state index contributed by atoms with van der Waals surface area (Å²) in [5, 5.41) is 3.56. The molecule has 1 N–H and O–H groups in total. The Kier molecular flexibility index (Phi) is 4.92. The highest BCUT2D eigenvalue weighted by Gasteiger charge is 2.07. The molecule has 1 heterocycles. The summed E-state index contributed by atoms with van der Waals surface area (Å²) in [4.78, 5) is 16.6. The summed E-state index contributed by atoms with van der Waals surface area (Å²) in [6.45, 7) is 2.50. The van der Waals surface area contributed by atoms with Gasteiger partial charge in [0.15, 0.2) is 0 Å². The summed E-state index contributed by atoms with van der Waals surface area (Å²) in [6.07, 6.45) is 1.61. The first-order valence-corrected chi connectivity index (χ1v) is 8.05. The minimum absolute atomic E-state index is 0.145. The molecule has 3 aromatic rings. The molecule has 0 atom stereocenters. The first kappa shape index (κ1) is 16.2. The number of aromatic nitrogens is 1. The average molecular weight is 337 g/mol. The predicted octanol–water partition coefficient (Wildman–Crippen LogP) is 4.64. The molecule has 3 nitrogen and oxygen atoms in total. The minimum Gasteiger partial charge on any atom is -0.348 e. The van der Waals surface area contributed by atoms with E-state index < -0.39 is 0 Å². The largest absolute Gasteiger partial charge is 0.348 e. The number of aryl methyl sites for hydroxylation is 1. The van der Waals surface area contributed by atoms with Crippen molar-refractivity contribution in [2.45, 2.75) is 13.5 Å². The maximum atomic E-state index is 12.2. The number of pyridine rings is 1. The lowest BCUT2D eigenvalue weighted by Gasteiger charge is -2.07. The van der Waals surface area contributed by atoms with Crippen LogP contribution in [0.1, 0.15) is 21.5 Å². The van der Waals surface area contributed by atoms with E-state index in [1.54, 1.807) is 24.4 Å². The van der Waals surface area contributed by atoms with Gasteiger partial charge in [-0.25, -0.2) is 0 Å². The van der Waals surface area contributed by atoms with Crippen molar-refractivity contribution in [3.8, 4) is 11.3 Å². The molecule has 1 aromatic heterocycles. The summed E-state index contributed by atoms with van der Waals surface area (Å²) in [5.74, 6) is -0.145. The number of halogens is 1. The van der Waals surface area contributed by atoms with E-state index >= 15 is 0 Å². The highest BCUT2D eigenvalue weighted by molar-refractivity contribution is 6.30. The summed E-state index contributed by atoms with van der Waals surface area (Å²) < 4.78 is 0. The van der Waals surface area contributed by atoms with Crippen molar-refractivity contribution in [2.24, 2.45) is 0 Å². The molecule has 0 radical (unpaired) electrons. The number of carbonyl (C=O) groups is 1. The van der Waals surface area contributed by atoms with Gasteiger partial charge in [0, 0.05) is 23.3 Å². The molecule has 1 amide bonds. The first-order valence-electron chi connectivity index (χ1n) is 7.67. The molecule has 2 aromatic carbocycles. The van der Waals surface area contributed by atoms with Crippen molar-refractivity contribution < 1.29 is 4.79 Å². The average Bonchev–Trinajstić information content (AvgIpc) is 2.61. The van der Waals surface area contributed by atoms with Crippen LogP contribution in [0.4, 0.5) is 0 Å². The molecule has 0 aliphatic rings. The van der Waals surface area contributed by atoms with Gasteiger partial charge in [0.05, 0.1) is 11.3 Å². The van der Waals surface area contributed by atoms with Gasteiger partial charge in [-0.15, -0.1) is 0 Å². The van der Waals surface area contributed by atoms with E-state index in [4.69, 9.17) is 11.6 Å². The standard InChI is InChI=1S/C20H17ClN2O/c1-14-3-2-4-16(11-14)19-10-7-17(13-22-19)20(24)23-12-15-5-8-18(21)9-6-15/h2-11,13H,12H2,1H3,(H,23,24). The second-order valence-corrected chi connectivity index (χ2v) is 6.05. The van der Waals surface area contributed by atoms with Gasteiger partial charge in [-0.1, -0.05) is 47.5 Å². The van der Waals surface area contributed by atoms with E-state index in [2.05, 4.69) is 16.4 Å². The monoisotopic (exact) mass is 336 g/mol. The number of rotatable bonds is 4. The molecule has 0 aliphatic heterocycles. The lowest BCUT2D eigenvalue weighted by molar-refractivity contribution is 0.0950. The van der Waals surface area contributed by atoms with E-state index in [0.29, 0.717) is 17.1 Å². The summed E-state index contributed by atoms with van der Waals surface area (Å²) in [5.41, 5.74) is 4.62. The highest BCUT2D eigenvalue weighted by Crippen LogP contribution is 2.18. The molecular weight excluding hydrogens is 320 g/mol. The number of benzene rings is 2. The van der Waals surface area contributed by atoms with Crippen LogP contribution < -0.4 is 5.32 Å². The predicted molar refractivity (Wildman–Crippen MR) is 97.0 cm³/mol. The summed E-state index contributed by atoms with van der Waals surface area (Å²) in [6, 6.07) is 19.2. The van der Waals surface area contributed by atoms with Crippen molar-refractivity contribution in [2.75, 3.05) is 0 Å². The van der Waals surface area contributed by atoms with Crippen molar-refractivity contribution in [1.29, 1.82) is 0 Å². The Hall–Kier alpha value is -2.65. The number of amides is 1. The molecule has 3 rings (SSSR count). The second kappa shape index (κ2) is 7.28. The van der Waals surface area contributed by atoms with Crippen LogP contribution in [0, 0.1) is 6.92 Å². The minimum atomic E-state index is -0.145. The molecule has 0 unspecified atom stereocenters. The number of nitrogens with one attached hydrogen (secondary N) is 1. The van der Waals surface area contributed by atoms with Gasteiger partial charge in [-0.3, -0.25) is 9.78 Å². The van der Waals surface area contributed by atoms with Crippen LogP contribution in [0.5, 0.6) is 0 Å². The number of hydrogen-bond acceptors (Lipinski definition) is 2. The Labute approximate surface area is 146 Å². The number of hydrogen-bond donors (Lipinski definition) is 1. The zero-order valence-corrected chi connectivity index (χ0v) is 14.0. The molecule has 0 bridgehead atoms. The van der Waals surface area contributed by atoms with Gasteiger partial charge in [0.2, 0.25) is 0 Å². The second-order valence-electron chi connectivity index (χ2n) is 5.61. The van der Waals surface area contributed by atoms with Crippen molar-refractivity contribution in [3.05, 3.63) is 88.6 Å². The first-order chi connectivity index (χ1) is 11.6. The van der Waals surface area contributed by atoms with Gasteiger partial charge in [-0.05, 0) is 42.8 Å². The Bertz CT molecular complexity index is 842. The van der Waals surface area contributed by atoms with E-state index in [0.717, 1.165) is 16.8 Å². The van der Waals surface area contributed by atoms with E-state index in [1.165, 1.54) is 5.56 Å². The molecular formula is C20H17ClN2O. The van der Waals surface area contributed by atoms with Gasteiger partial charge in [0.25, 0.3) is 5.91 Å². The fourth-order valence-electron chi connectivity index (χ4n) is 2.39. The lowest BCUT2D eigenvalue weighted by atomic mass is 10.1. The molecule has 4 heteroatoms. The Morgan fingerprint density at radius 3 is 2.54 bits per heavy atom. The molecule has 24 heavy (non-hydrogen) atoms. The molecule has 0 saturated carbocycles. The van der Waals surface area contributed by atoms with Crippen LogP contribution in [-0.2, 0) is 6.54 Å². The van der Waals surface area contributed by atoms with Gasteiger partial charge < -0.3 is 5.32 Å². The molecule has 0 saturated heterocycles. The van der Waals surface area contributed by atoms with Crippen LogP contribution in [-0.4, -0.2) is 10.9 Å². The third kappa shape index (κ3) is 4.00. The molecule has 120 valence electrons. The topological polar surface area (TPSA) is 42.0 Å². The SMILES string of the molecule is Cc1cccc(-c2ccc(C(=O)NCc3ccc(Cl)cc3)cn2)c1. The number of carbonyl (C=O) groups excluding carboxylic acids is 1. The van der Waals surface area contributed by atoms with Crippen molar-refractivity contribution in [3.63, 3.8) is 0 Å². The van der Waals surface area contributed by atoms with Crippen molar-refractivity contribution >= 4 is 17.5 Å². The van der Waals surface area contributed by atoms with E-state index in [1.807, 2.05) is 43.3 Å². The van der Waals surface area contributed by atoms with Crippen LogP contribution in [0.25, 0.3) is 11.3 Å². The fourth-order valence-corrected chi connectivity index (χ4v) is 2.52. The number of nitrogens with zero attached hydrogens (tertiary/aromatic N) is 1. The van der Waals surface area contributed by atoms with Crippen LogP contribution >= 0.6 is 11.6 Å². The highest BCUT2D eigenvalue weighted by atomic mass is 35.5. The van der Waals surface area contributed by atoms with Gasteiger partial charge in [0.1, 0.15) is 0 Å². The third-order valence-corrected chi connectivity index (χ3v) is 3.96. The summed E-state index contributed by atoms with van der Waals surface area (Å²) in [7, 11) is 0. The molecule has 0 fully saturated rings.